The molecule has 0 aliphatic rings. The number of aromatic nitrogens is 5. The Morgan fingerprint density at radius 1 is 1.00 bits per heavy atom. The third kappa shape index (κ3) is 4.05. The molecule has 190 valence electrons. The predicted molar refractivity (Wildman–Crippen MR) is 123 cm³/mol. The molecule has 0 fully saturated rings. The second kappa shape index (κ2) is 8.72. The zero-order chi connectivity index (χ0) is 26.5. The Morgan fingerprint density at radius 3 is 2.43 bits per heavy atom. The minimum atomic E-state index is -4.79. The molecule has 4 aromatic heterocycles. The Hall–Kier alpha value is -4.75. The molecule has 0 saturated heterocycles. The van der Waals surface area contributed by atoms with Crippen molar-refractivity contribution in [3.8, 4) is 11.6 Å². The Kier molecular flexibility index (Phi) is 5.65. The summed E-state index contributed by atoms with van der Waals surface area (Å²) in [5.41, 5.74) is -1.27. The molecule has 1 N–H and O–H groups in total. The number of ether oxygens (including phenoxy) is 3. The quantitative estimate of drug-likeness (QED) is 0.205. The fourth-order valence-corrected chi connectivity index (χ4v) is 3.94. The van der Waals surface area contributed by atoms with E-state index in [1.807, 2.05) is 0 Å². The van der Waals surface area contributed by atoms with Gasteiger partial charge in [-0.3, -0.25) is 0 Å². The lowest BCUT2D eigenvalue weighted by Gasteiger charge is -2.13. The molecule has 5 rings (SSSR count). The molecular formula is C23H16F4N6O4. The van der Waals surface area contributed by atoms with Gasteiger partial charge in [0.25, 0.3) is 0 Å². The van der Waals surface area contributed by atoms with Crippen molar-refractivity contribution in [3.63, 3.8) is 0 Å². The zero-order valence-corrected chi connectivity index (χ0v) is 19.3. The minimum Gasteiger partial charge on any atom is -0.497 e. The lowest BCUT2D eigenvalue weighted by molar-refractivity contribution is -0.141. The lowest BCUT2D eigenvalue weighted by Crippen LogP contribution is -2.09. The number of hydrogen-bond acceptors (Lipinski definition) is 9. The van der Waals surface area contributed by atoms with Gasteiger partial charge in [-0.1, -0.05) is 0 Å². The van der Waals surface area contributed by atoms with E-state index in [2.05, 4.69) is 25.4 Å². The number of carbonyl (C=O) groups is 1. The zero-order valence-electron chi connectivity index (χ0n) is 19.3. The molecule has 4 heterocycles. The highest BCUT2D eigenvalue weighted by molar-refractivity contribution is 6.19. The summed E-state index contributed by atoms with van der Waals surface area (Å²) in [5.74, 6) is -1.43. The molecule has 0 unspecified atom stereocenters. The van der Waals surface area contributed by atoms with Crippen LogP contribution < -0.4 is 14.8 Å². The topological polar surface area (TPSA) is 113 Å². The monoisotopic (exact) mass is 516 g/mol. The number of nitrogens with zero attached hydrogens (tertiary/aromatic N) is 5. The van der Waals surface area contributed by atoms with Crippen molar-refractivity contribution in [2.24, 2.45) is 0 Å². The summed E-state index contributed by atoms with van der Waals surface area (Å²) in [5, 5.41) is 7.08. The van der Waals surface area contributed by atoms with Crippen LogP contribution in [-0.4, -0.2) is 51.9 Å². The van der Waals surface area contributed by atoms with Gasteiger partial charge >= 0.3 is 12.1 Å². The van der Waals surface area contributed by atoms with Crippen LogP contribution in [-0.2, 0) is 10.9 Å². The van der Waals surface area contributed by atoms with Crippen LogP contribution in [0.3, 0.4) is 0 Å². The van der Waals surface area contributed by atoms with E-state index in [4.69, 9.17) is 14.2 Å². The van der Waals surface area contributed by atoms with E-state index in [9.17, 15) is 22.4 Å². The van der Waals surface area contributed by atoms with E-state index in [0.29, 0.717) is 0 Å². The molecule has 37 heavy (non-hydrogen) atoms. The number of alkyl halides is 3. The van der Waals surface area contributed by atoms with Crippen LogP contribution in [0.1, 0.15) is 16.1 Å². The molecule has 0 radical (unpaired) electrons. The van der Waals surface area contributed by atoms with Gasteiger partial charge in [-0.2, -0.15) is 23.3 Å². The number of carbonyl (C=O) groups excluding carboxylic acids is 1. The molecule has 1 aromatic carbocycles. The van der Waals surface area contributed by atoms with Crippen LogP contribution in [0.5, 0.6) is 11.6 Å². The van der Waals surface area contributed by atoms with Crippen LogP contribution in [0.15, 0.2) is 36.7 Å². The molecule has 14 heteroatoms. The number of esters is 1. The number of halogens is 4. The number of pyridine rings is 2. The number of methoxy groups -OCH3 is 3. The third-order valence-corrected chi connectivity index (χ3v) is 5.51. The van der Waals surface area contributed by atoms with Gasteiger partial charge in [-0.05, 0) is 12.1 Å². The Bertz CT molecular complexity index is 1700. The van der Waals surface area contributed by atoms with E-state index < -0.39 is 23.7 Å². The fraction of sp³-hybridized carbons (Fsp3) is 0.174. The number of nitrogens with one attached hydrogen (secondary N) is 1. The normalized spacial score (nSPS) is 11.8. The first-order valence-electron chi connectivity index (χ1n) is 10.5. The van der Waals surface area contributed by atoms with Crippen molar-refractivity contribution in [1.29, 1.82) is 0 Å². The van der Waals surface area contributed by atoms with Gasteiger partial charge in [-0.25, -0.2) is 23.7 Å². The largest absolute Gasteiger partial charge is 0.497 e. The Morgan fingerprint density at radius 2 is 1.76 bits per heavy atom. The van der Waals surface area contributed by atoms with E-state index in [-0.39, 0.29) is 56.2 Å². The van der Waals surface area contributed by atoms with Crippen molar-refractivity contribution in [2.45, 2.75) is 6.18 Å². The van der Waals surface area contributed by atoms with Gasteiger partial charge in [0.15, 0.2) is 11.3 Å². The van der Waals surface area contributed by atoms with Crippen molar-refractivity contribution < 1.29 is 36.6 Å². The average molecular weight is 516 g/mol. The predicted octanol–water partition coefficient (Wildman–Crippen LogP) is 4.53. The summed E-state index contributed by atoms with van der Waals surface area (Å²) >= 11 is 0. The van der Waals surface area contributed by atoms with E-state index >= 15 is 0 Å². The summed E-state index contributed by atoms with van der Waals surface area (Å²) in [4.78, 5) is 25.3. The first kappa shape index (κ1) is 24.0. The number of rotatable bonds is 5. The highest BCUT2D eigenvalue weighted by Crippen LogP contribution is 2.38. The summed E-state index contributed by atoms with van der Waals surface area (Å²) in [6.07, 6.45) is -2.14. The van der Waals surface area contributed by atoms with Gasteiger partial charge in [-0.15, -0.1) is 0 Å². The van der Waals surface area contributed by atoms with Gasteiger partial charge < -0.3 is 19.5 Å². The second-order valence-electron chi connectivity index (χ2n) is 7.68. The number of benzene rings is 1. The second-order valence-corrected chi connectivity index (χ2v) is 7.68. The lowest BCUT2D eigenvalue weighted by atomic mass is 10.0. The summed E-state index contributed by atoms with van der Waals surface area (Å²) in [6.45, 7) is 0. The smallest absolute Gasteiger partial charge is 0.435 e. The van der Waals surface area contributed by atoms with Crippen LogP contribution in [0, 0.1) is 5.82 Å². The molecule has 0 amide bonds. The maximum Gasteiger partial charge on any atom is 0.435 e. The molecule has 0 saturated carbocycles. The van der Waals surface area contributed by atoms with E-state index in [1.54, 1.807) is 0 Å². The molecule has 0 spiro atoms. The molecule has 0 aliphatic heterocycles. The van der Waals surface area contributed by atoms with Gasteiger partial charge in [0.2, 0.25) is 11.8 Å². The maximum atomic E-state index is 13.9. The number of anilines is 2. The highest BCUT2D eigenvalue weighted by atomic mass is 19.4. The summed E-state index contributed by atoms with van der Waals surface area (Å²) < 4.78 is 71.0. The molecule has 0 atom stereocenters. The Labute approximate surface area is 204 Å². The van der Waals surface area contributed by atoms with Gasteiger partial charge in [0, 0.05) is 46.4 Å². The van der Waals surface area contributed by atoms with Crippen molar-refractivity contribution in [1.82, 2.24) is 24.6 Å². The molecule has 5 aromatic rings. The summed E-state index contributed by atoms with van der Waals surface area (Å²) in [7, 11) is 3.76. The Balaban J connectivity index is 1.83. The van der Waals surface area contributed by atoms with Crippen molar-refractivity contribution in [3.05, 3.63) is 53.7 Å². The molecular weight excluding hydrogens is 500 g/mol. The summed E-state index contributed by atoms with van der Waals surface area (Å²) in [6, 6.07) is 4.62. The fourth-order valence-electron chi connectivity index (χ4n) is 3.94. The van der Waals surface area contributed by atoms with Crippen LogP contribution in [0.25, 0.3) is 27.3 Å². The number of fused-ring (bicyclic) bond motifs is 6. The third-order valence-electron chi connectivity index (χ3n) is 5.51. The van der Waals surface area contributed by atoms with Gasteiger partial charge in [0.1, 0.15) is 17.1 Å². The van der Waals surface area contributed by atoms with E-state index in [1.165, 1.54) is 44.8 Å². The van der Waals surface area contributed by atoms with Gasteiger partial charge in [0.05, 0.1) is 26.8 Å². The van der Waals surface area contributed by atoms with Crippen LogP contribution in [0.2, 0.25) is 0 Å². The number of hydrogen-bond donors (Lipinski definition) is 1. The molecule has 10 nitrogen and oxygen atoms in total. The molecule has 0 aliphatic carbocycles. The first-order chi connectivity index (χ1) is 17.6. The molecule has 0 bridgehead atoms. The van der Waals surface area contributed by atoms with E-state index in [0.717, 1.165) is 17.7 Å². The van der Waals surface area contributed by atoms with Crippen molar-refractivity contribution >= 4 is 44.9 Å². The SMILES string of the molecule is COC(=O)c1c(OC)ncc2c3cnc(Nc4cc(F)cc(OC)c4)nc3n3nc(C(F)(F)F)cc3c12. The average Bonchev–Trinajstić information content (AvgIpc) is 3.33. The van der Waals surface area contributed by atoms with Crippen LogP contribution in [0.4, 0.5) is 29.2 Å². The van der Waals surface area contributed by atoms with Crippen molar-refractivity contribution in [2.75, 3.05) is 26.6 Å². The maximum absolute atomic E-state index is 13.9. The first-order valence-corrected chi connectivity index (χ1v) is 10.5. The standard InChI is InChI=1S/C23H16F4N6O4/c1-35-12-5-10(24)4-11(6-12)30-22-29-9-14-13-8-28-20(36-2)18(21(34)37-3)17(13)15-7-16(23(25,26)27)32-33(15)19(14)31-22/h4-9H,1-3H3,(H,29,30,31). The van der Waals surface area contributed by atoms with Crippen LogP contribution >= 0.6 is 0 Å². The minimum absolute atomic E-state index is 0.0262. The highest BCUT2D eigenvalue weighted by Gasteiger charge is 2.35.